The lowest BCUT2D eigenvalue weighted by atomic mass is 9.94. The van der Waals surface area contributed by atoms with Gasteiger partial charge in [-0.1, -0.05) is 28.9 Å². The zero-order valence-electron chi connectivity index (χ0n) is 27.3. The lowest BCUT2D eigenvalue weighted by molar-refractivity contribution is 0.0634. The molecule has 3 aromatic carbocycles. The summed E-state index contributed by atoms with van der Waals surface area (Å²) in [4.78, 5) is 18.1. The van der Waals surface area contributed by atoms with Gasteiger partial charge in [-0.05, 0) is 66.2 Å². The molecule has 0 aliphatic rings. The molecule has 0 radical (unpaired) electrons. The third-order valence-corrected chi connectivity index (χ3v) is 7.85. The van der Waals surface area contributed by atoms with Crippen LogP contribution < -0.4 is 24.3 Å². The fourth-order valence-electron chi connectivity index (χ4n) is 4.90. The second-order valence-electron chi connectivity index (χ2n) is 10.8. The molecule has 12 nitrogen and oxygen atoms in total. The van der Waals surface area contributed by atoms with E-state index in [1.165, 1.54) is 49.4 Å². The van der Waals surface area contributed by atoms with E-state index in [2.05, 4.69) is 20.6 Å². The molecule has 0 saturated heterocycles. The predicted octanol–water partition coefficient (Wildman–Crippen LogP) is 4.96. The summed E-state index contributed by atoms with van der Waals surface area (Å²) in [5.41, 5.74) is 0.322. The van der Waals surface area contributed by atoms with E-state index < -0.39 is 17.3 Å². The van der Waals surface area contributed by atoms with E-state index in [1.807, 2.05) is 24.3 Å². The van der Waals surface area contributed by atoms with Gasteiger partial charge in [0.05, 0.1) is 58.0 Å². The van der Waals surface area contributed by atoms with Crippen LogP contribution in [0.1, 0.15) is 27.3 Å². The Morgan fingerprint density at radius 3 is 2.35 bits per heavy atom. The average Bonchev–Trinajstić information content (AvgIpc) is 3.58. The minimum absolute atomic E-state index is 0.104. The van der Waals surface area contributed by atoms with Gasteiger partial charge in [-0.15, -0.1) is 5.10 Å². The summed E-state index contributed by atoms with van der Waals surface area (Å²) in [6.07, 6.45) is 1.52. The highest BCUT2D eigenvalue weighted by atomic mass is 35.5. The standard InChI is InChI=1S/C35H35ClFN5O7/c1-42-19-32(40-41-42)35(44,31-14-13-29(46-3)33(39-31)23-7-11-27(37)26(36)17-23)21-38-34(43)24-8-12-28(30(18-24)47-4)49-16-15-48-20-22-5-9-25(45-2)10-6-22/h5-14,17-19,44H,15-16,20-21H2,1-4H3,(H,38,43). The van der Waals surface area contributed by atoms with Crippen LogP contribution in [0.2, 0.25) is 5.02 Å². The lowest BCUT2D eigenvalue weighted by Gasteiger charge is -2.27. The Morgan fingerprint density at radius 2 is 1.67 bits per heavy atom. The molecule has 0 aliphatic carbocycles. The number of methoxy groups -OCH3 is 3. The number of aliphatic hydroxyl groups is 1. The number of aryl methyl sites for hydroxylation is 1. The molecular weight excluding hydrogens is 657 g/mol. The summed E-state index contributed by atoms with van der Waals surface area (Å²) in [5, 5.41) is 22.8. The fraction of sp³-hybridized carbons (Fsp3) is 0.257. The second kappa shape index (κ2) is 15.8. The fourth-order valence-corrected chi connectivity index (χ4v) is 5.08. The number of nitrogens with one attached hydrogen (secondary N) is 1. The van der Waals surface area contributed by atoms with Crippen molar-refractivity contribution in [2.45, 2.75) is 12.2 Å². The van der Waals surface area contributed by atoms with E-state index in [0.29, 0.717) is 41.7 Å². The number of rotatable bonds is 15. The van der Waals surface area contributed by atoms with E-state index in [-0.39, 0.29) is 35.1 Å². The molecule has 1 unspecified atom stereocenters. The van der Waals surface area contributed by atoms with Crippen LogP contribution in [0, 0.1) is 5.82 Å². The molecule has 2 heterocycles. The van der Waals surface area contributed by atoms with Gasteiger partial charge in [0.1, 0.15) is 35.3 Å². The van der Waals surface area contributed by atoms with Gasteiger partial charge in [0.15, 0.2) is 17.1 Å². The van der Waals surface area contributed by atoms with Gasteiger partial charge < -0.3 is 34.1 Å². The SMILES string of the molecule is COc1ccc(COCCOc2ccc(C(=O)NCC(O)(c3cn(C)nn3)c3ccc(OC)c(-c4ccc(F)c(Cl)c4)n3)cc2OC)cc1. The highest BCUT2D eigenvalue weighted by Gasteiger charge is 2.38. The number of aromatic nitrogens is 4. The van der Waals surface area contributed by atoms with Crippen molar-refractivity contribution in [3.8, 4) is 34.3 Å². The number of pyridine rings is 1. The van der Waals surface area contributed by atoms with Crippen molar-refractivity contribution in [1.29, 1.82) is 0 Å². The summed E-state index contributed by atoms with van der Waals surface area (Å²) in [6.45, 7) is 0.663. The third kappa shape index (κ3) is 8.26. The first kappa shape index (κ1) is 35.1. The number of carbonyl (C=O) groups is 1. The van der Waals surface area contributed by atoms with Crippen molar-refractivity contribution in [1.82, 2.24) is 25.3 Å². The van der Waals surface area contributed by atoms with E-state index in [9.17, 15) is 14.3 Å². The van der Waals surface area contributed by atoms with Gasteiger partial charge in [0, 0.05) is 18.2 Å². The number of hydrogen-bond donors (Lipinski definition) is 2. The van der Waals surface area contributed by atoms with Gasteiger partial charge in [0.25, 0.3) is 5.91 Å². The van der Waals surface area contributed by atoms with Crippen LogP contribution in [-0.4, -0.2) is 72.1 Å². The van der Waals surface area contributed by atoms with Crippen molar-refractivity contribution >= 4 is 17.5 Å². The number of halogens is 2. The number of carbonyl (C=O) groups excluding carboxylic acids is 1. The molecule has 0 saturated carbocycles. The summed E-state index contributed by atoms with van der Waals surface area (Å²) in [7, 11) is 6.19. The van der Waals surface area contributed by atoms with Gasteiger partial charge in [-0.25, -0.2) is 9.37 Å². The normalized spacial score (nSPS) is 12.2. The van der Waals surface area contributed by atoms with Crippen LogP contribution in [0.4, 0.5) is 4.39 Å². The molecule has 5 aromatic rings. The molecule has 1 atom stereocenters. The van der Waals surface area contributed by atoms with Gasteiger partial charge in [-0.3, -0.25) is 9.48 Å². The van der Waals surface area contributed by atoms with E-state index in [1.54, 1.807) is 38.4 Å². The van der Waals surface area contributed by atoms with Crippen LogP contribution in [0.5, 0.6) is 23.0 Å². The highest BCUT2D eigenvalue weighted by molar-refractivity contribution is 6.31. The predicted molar refractivity (Wildman–Crippen MR) is 179 cm³/mol. The molecule has 14 heteroatoms. The maximum absolute atomic E-state index is 13.9. The third-order valence-electron chi connectivity index (χ3n) is 7.56. The zero-order chi connectivity index (χ0) is 35.0. The Morgan fingerprint density at radius 1 is 0.918 bits per heavy atom. The maximum Gasteiger partial charge on any atom is 0.251 e. The number of ether oxygens (including phenoxy) is 5. The molecule has 5 rings (SSSR count). The van der Waals surface area contributed by atoms with Crippen LogP contribution in [0.25, 0.3) is 11.3 Å². The Kier molecular flexibility index (Phi) is 11.3. The number of hydrogen-bond acceptors (Lipinski definition) is 10. The topological polar surface area (TPSA) is 139 Å². The zero-order valence-corrected chi connectivity index (χ0v) is 28.0. The molecule has 2 aromatic heterocycles. The van der Waals surface area contributed by atoms with Crippen LogP contribution in [-0.2, 0) is 24.0 Å². The highest BCUT2D eigenvalue weighted by Crippen LogP contribution is 2.35. The minimum Gasteiger partial charge on any atom is -0.497 e. The molecule has 1 amide bonds. The van der Waals surface area contributed by atoms with Crippen LogP contribution >= 0.6 is 11.6 Å². The van der Waals surface area contributed by atoms with E-state index in [0.717, 1.165) is 11.3 Å². The smallest absolute Gasteiger partial charge is 0.251 e. The molecule has 0 spiro atoms. The molecule has 2 N–H and O–H groups in total. The summed E-state index contributed by atoms with van der Waals surface area (Å²) in [6, 6.07) is 19.6. The monoisotopic (exact) mass is 691 g/mol. The van der Waals surface area contributed by atoms with Crippen molar-refractivity contribution in [2.75, 3.05) is 41.1 Å². The number of amides is 1. The number of benzene rings is 3. The van der Waals surface area contributed by atoms with E-state index in [4.69, 9.17) is 35.3 Å². The molecule has 256 valence electrons. The molecule has 49 heavy (non-hydrogen) atoms. The largest absolute Gasteiger partial charge is 0.497 e. The Labute approximate surface area is 287 Å². The van der Waals surface area contributed by atoms with Gasteiger partial charge >= 0.3 is 0 Å². The maximum atomic E-state index is 13.9. The second-order valence-corrected chi connectivity index (χ2v) is 11.2. The Hall–Kier alpha value is -5.24. The summed E-state index contributed by atoms with van der Waals surface area (Å²) >= 11 is 6.04. The first-order chi connectivity index (χ1) is 23.6. The summed E-state index contributed by atoms with van der Waals surface area (Å²) in [5.74, 6) is 0.801. The van der Waals surface area contributed by atoms with Crippen molar-refractivity contribution in [3.05, 3.63) is 112 Å². The van der Waals surface area contributed by atoms with Crippen molar-refractivity contribution < 1.29 is 38.0 Å². The quantitative estimate of drug-likeness (QED) is 0.145. The van der Waals surface area contributed by atoms with Crippen LogP contribution in [0.15, 0.2) is 79.0 Å². The molecule has 0 aliphatic heterocycles. The number of nitrogens with zero attached hydrogens (tertiary/aromatic N) is 4. The van der Waals surface area contributed by atoms with Gasteiger partial charge in [0.2, 0.25) is 0 Å². The van der Waals surface area contributed by atoms with Gasteiger partial charge in [-0.2, -0.15) is 0 Å². The summed E-state index contributed by atoms with van der Waals surface area (Å²) < 4.78 is 43.0. The Bertz CT molecular complexity index is 1910. The van der Waals surface area contributed by atoms with Crippen LogP contribution in [0.3, 0.4) is 0 Å². The first-order valence-corrected chi connectivity index (χ1v) is 15.4. The van der Waals surface area contributed by atoms with Crippen molar-refractivity contribution in [3.63, 3.8) is 0 Å². The minimum atomic E-state index is -1.94. The van der Waals surface area contributed by atoms with E-state index >= 15 is 0 Å². The average molecular weight is 692 g/mol. The van der Waals surface area contributed by atoms with Crippen molar-refractivity contribution in [2.24, 2.45) is 7.05 Å². The Balaban J connectivity index is 1.29. The molecular formula is C35H35ClFN5O7. The molecule has 0 fully saturated rings. The molecule has 0 bridgehead atoms. The lowest BCUT2D eigenvalue weighted by Crippen LogP contribution is -2.42. The first-order valence-electron chi connectivity index (χ1n) is 15.0.